The van der Waals surface area contributed by atoms with Crippen molar-refractivity contribution in [1.82, 2.24) is 0 Å². The first kappa shape index (κ1) is 41.5. The zero-order valence-corrected chi connectivity index (χ0v) is 43.3. The molecule has 2 aromatic carbocycles. The van der Waals surface area contributed by atoms with Gasteiger partial charge in [-0.1, -0.05) is 19.6 Å². The maximum atomic E-state index is 7.38. The van der Waals surface area contributed by atoms with Gasteiger partial charge in [-0.3, -0.25) is 0 Å². The van der Waals surface area contributed by atoms with Gasteiger partial charge < -0.3 is 0 Å². The first-order chi connectivity index (χ1) is 24.8. The third-order valence-corrected chi connectivity index (χ3v) is 24.1. The van der Waals surface area contributed by atoms with Crippen LogP contribution >= 0.6 is 40.4 Å². The molecule has 2 atom stereocenters. The Morgan fingerprint density at radius 3 is 2.00 bits per heavy atom. The summed E-state index contributed by atoms with van der Waals surface area (Å²) in [5.74, 6) is 0.104. The topological polar surface area (TPSA) is 0 Å². The van der Waals surface area contributed by atoms with Crippen LogP contribution in [-0.2, 0) is 30.9 Å². The van der Waals surface area contributed by atoms with Gasteiger partial charge in [-0.2, -0.15) is 0 Å². The summed E-state index contributed by atoms with van der Waals surface area (Å²) in [7, 11) is 13.4. The molecule has 277 valence electrons. The molecule has 0 nitrogen and oxygen atoms in total. The van der Waals surface area contributed by atoms with E-state index < -0.39 is 40.6 Å². The molecule has 0 spiro atoms. The Hall–Kier alpha value is -1.09. The van der Waals surface area contributed by atoms with Gasteiger partial charge in [-0.15, -0.1) is 0 Å². The van der Waals surface area contributed by atoms with E-state index in [2.05, 4.69) is 141 Å². The van der Waals surface area contributed by atoms with Crippen molar-refractivity contribution in [1.29, 1.82) is 0 Å². The summed E-state index contributed by atoms with van der Waals surface area (Å²) in [6.07, 6.45) is 19.2. The van der Waals surface area contributed by atoms with Crippen LogP contribution in [0.2, 0.25) is 49.3 Å². The zero-order valence-electron chi connectivity index (χ0n) is 33.3. The average Bonchev–Trinajstić information content (AvgIpc) is 3.35. The second kappa shape index (κ2) is 15.3. The van der Waals surface area contributed by atoms with Gasteiger partial charge in [-0.05, 0) is 0 Å². The minimum absolute atomic E-state index is 0.104. The van der Waals surface area contributed by atoms with Gasteiger partial charge in [0.2, 0.25) is 0 Å². The molecule has 0 bridgehead atoms. The number of benzene rings is 2. The molecule has 0 aromatic heterocycles. The van der Waals surface area contributed by atoms with Crippen LogP contribution in [0.15, 0.2) is 115 Å². The fraction of sp³-hybridized carbons (Fsp3) is 0.356. The number of aryl methyl sites for hydroxylation is 2. The number of fused-ring (bicyclic) bond motifs is 2. The van der Waals surface area contributed by atoms with Gasteiger partial charge >= 0.3 is 333 Å². The number of hydrogen-bond donors (Lipinski definition) is 0. The number of halogens is 4. The van der Waals surface area contributed by atoms with Crippen molar-refractivity contribution in [3.05, 3.63) is 147 Å². The SMILES string of the molecule is CCC1=C(C)C2=CC=CC(=[SiH2])C(C3=C(C)C=C4C3=CC=CCC4c3cc(Cl)c([Si](C)(C)C)c(Cl)c3)(c3cc(C)c([Si](C)(C)C)c(CC)c3)C2=[C]1[Hf]([Cl])[Cl]. The predicted molar refractivity (Wildman–Crippen MR) is 243 cm³/mol. The molecule has 2 unspecified atom stereocenters. The summed E-state index contributed by atoms with van der Waals surface area (Å²) >= 11 is 11.0. The van der Waals surface area contributed by atoms with Crippen LogP contribution < -0.4 is 10.4 Å². The molecule has 6 rings (SSSR count). The van der Waals surface area contributed by atoms with Crippen molar-refractivity contribution in [2.45, 2.75) is 104 Å². The molecule has 2 aromatic rings. The Labute approximate surface area is 349 Å². The van der Waals surface area contributed by atoms with Crippen molar-refractivity contribution in [2.75, 3.05) is 0 Å². The molecule has 0 aliphatic heterocycles. The van der Waals surface area contributed by atoms with E-state index in [1.54, 1.807) is 5.19 Å². The Morgan fingerprint density at radius 1 is 0.811 bits per heavy atom. The Bertz CT molecular complexity index is 2170. The second-order valence-corrected chi connectivity index (χ2v) is 40.2. The van der Waals surface area contributed by atoms with Gasteiger partial charge in [0.25, 0.3) is 0 Å². The number of hydrogen-bond acceptors (Lipinski definition) is 0. The predicted octanol–water partition coefficient (Wildman–Crippen LogP) is 12.3. The summed E-state index contributed by atoms with van der Waals surface area (Å²) in [5.41, 5.74) is 15.3. The van der Waals surface area contributed by atoms with E-state index in [0.717, 1.165) is 34.5 Å². The first-order valence-electron chi connectivity index (χ1n) is 19.0. The van der Waals surface area contributed by atoms with Gasteiger partial charge in [-0.25, -0.2) is 0 Å². The van der Waals surface area contributed by atoms with Crippen LogP contribution in [0.1, 0.15) is 68.7 Å². The van der Waals surface area contributed by atoms with E-state index in [0.29, 0.717) is 0 Å². The van der Waals surface area contributed by atoms with Gasteiger partial charge in [0, 0.05) is 0 Å². The summed E-state index contributed by atoms with van der Waals surface area (Å²) in [4.78, 5) is 0. The molecular formula is C45H53Cl4HfSi3. The van der Waals surface area contributed by atoms with Crippen LogP contribution in [0.3, 0.4) is 0 Å². The molecule has 0 amide bonds. The summed E-state index contributed by atoms with van der Waals surface area (Å²) in [6, 6.07) is 9.50. The van der Waals surface area contributed by atoms with Crippen LogP contribution in [0, 0.1) is 6.92 Å². The summed E-state index contributed by atoms with van der Waals surface area (Å²) < 4.78 is 1.28. The molecule has 8 heteroatoms. The van der Waals surface area contributed by atoms with E-state index in [1.165, 1.54) is 75.3 Å². The molecule has 0 heterocycles. The van der Waals surface area contributed by atoms with Crippen molar-refractivity contribution in [3.63, 3.8) is 0 Å². The molecule has 53 heavy (non-hydrogen) atoms. The Balaban J connectivity index is 1.70. The van der Waals surface area contributed by atoms with E-state index in [1.807, 2.05) is 9.85 Å². The quantitative estimate of drug-likeness (QED) is 0.231. The van der Waals surface area contributed by atoms with Crippen molar-refractivity contribution in [3.8, 4) is 0 Å². The van der Waals surface area contributed by atoms with Crippen LogP contribution in [0.25, 0.3) is 0 Å². The second-order valence-electron chi connectivity index (χ2n) is 17.2. The van der Waals surface area contributed by atoms with Crippen LogP contribution in [0.4, 0.5) is 0 Å². The van der Waals surface area contributed by atoms with Gasteiger partial charge in [0.05, 0.1) is 0 Å². The monoisotopic (exact) mass is 997 g/mol. The van der Waals surface area contributed by atoms with Crippen molar-refractivity contribution in [2.24, 2.45) is 0 Å². The normalized spacial score (nSPS) is 21.8. The fourth-order valence-corrected chi connectivity index (χ4v) is 24.2. The molecule has 0 N–H and O–H groups in total. The molecular weight excluding hydrogens is 945 g/mol. The number of allylic oxidation sites excluding steroid dienone is 16. The molecule has 0 saturated carbocycles. The molecule has 4 aliphatic rings. The van der Waals surface area contributed by atoms with Gasteiger partial charge in [0.15, 0.2) is 0 Å². The third kappa shape index (κ3) is 7.00. The molecule has 0 radical (unpaired) electrons. The molecule has 4 aliphatic carbocycles. The molecule has 0 saturated heterocycles. The Morgan fingerprint density at radius 2 is 1.43 bits per heavy atom. The van der Waals surface area contributed by atoms with Gasteiger partial charge in [0.1, 0.15) is 0 Å². The van der Waals surface area contributed by atoms with Crippen LogP contribution in [-0.4, -0.2) is 31.2 Å². The van der Waals surface area contributed by atoms with Crippen LogP contribution in [0.5, 0.6) is 0 Å². The van der Waals surface area contributed by atoms with Crippen molar-refractivity contribution >= 4 is 81.9 Å². The first-order valence-corrected chi connectivity index (χ1v) is 38.1. The Kier molecular flexibility index (Phi) is 12.0. The van der Waals surface area contributed by atoms with E-state index in [4.69, 9.17) is 40.4 Å². The zero-order chi connectivity index (χ0) is 38.9. The van der Waals surface area contributed by atoms with E-state index in [-0.39, 0.29) is 5.92 Å². The summed E-state index contributed by atoms with van der Waals surface area (Å²) in [6.45, 7) is 25.9. The standard InChI is InChI=1S/C45H53Cl2Si3.2ClH.Hf/c1-12-30-24-38-34(29(30)5)19-16-20-41(48)45(38,33-21-28(4)43(49(6,7)8)31(13-2)23-33)42-27(3)22-37-35(17-14-15-18-36(37)42)32-25-39(46)44(40(47)26-32)50(9,10)11;;;/h14-16,18-23,25-26,35H,12-13,17,48H2,1-11H3;2*1H;/q;;;+2/p-2. The number of rotatable bonds is 8. The summed E-state index contributed by atoms with van der Waals surface area (Å²) in [5, 5.41) is 5.63. The van der Waals surface area contributed by atoms with E-state index >= 15 is 0 Å². The van der Waals surface area contributed by atoms with E-state index in [9.17, 15) is 0 Å². The average molecular weight is 998 g/mol. The molecule has 0 fully saturated rings. The minimum atomic E-state index is -3.26. The van der Waals surface area contributed by atoms with Crippen molar-refractivity contribution < 1.29 is 19.1 Å². The fourth-order valence-electron chi connectivity index (χ4n) is 9.84. The maximum absolute atomic E-state index is 7.38. The third-order valence-electron chi connectivity index (χ3n) is 11.7.